The molecule has 1 N–H and O–H groups in total. The fourth-order valence-electron chi connectivity index (χ4n) is 3.63. The molecule has 0 aliphatic carbocycles. The van der Waals surface area contributed by atoms with Crippen molar-refractivity contribution in [2.75, 3.05) is 32.8 Å². The number of non-ortho nitro benzene ring substituents is 1. The molecule has 1 atom stereocenters. The number of nitrogens with one attached hydrogen (secondary N) is 1. The number of amides is 1. The Labute approximate surface area is 189 Å². The van der Waals surface area contributed by atoms with Crippen LogP contribution in [0.4, 0.5) is 5.69 Å². The first-order valence-corrected chi connectivity index (χ1v) is 10.5. The number of halogens is 1. The monoisotopic (exact) mass is 455 g/mol. The number of nitro benzene ring substituents is 1. The van der Waals surface area contributed by atoms with Gasteiger partial charge in [-0.1, -0.05) is 23.7 Å². The first-order valence-electron chi connectivity index (χ1n) is 10.2. The summed E-state index contributed by atoms with van der Waals surface area (Å²) in [6.45, 7) is 3.26. The summed E-state index contributed by atoms with van der Waals surface area (Å²) in [4.78, 5) is 25.4. The third-order valence-corrected chi connectivity index (χ3v) is 5.60. The number of hydrogen-bond donors (Lipinski definition) is 1. The van der Waals surface area contributed by atoms with Crippen LogP contribution < -0.4 is 5.32 Å². The van der Waals surface area contributed by atoms with Crippen LogP contribution in [0.25, 0.3) is 5.69 Å². The SMILES string of the molecule is O=C(NCC(c1ccc(Cl)cc1)N1CCOCC1)c1ccn(-c2ccc([N+](=O)[O-])cc2)n1. The summed E-state index contributed by atoms with van der Waals surface area (Å²) >= 11 is 6.04. The standard InChI is InChI=1S/C22H22ClN5O4/c23-17-3-1-16(2-4-17)21(26-11-13-32-14-12-26)15-24-22(29)20-9-10-27(25-20)18-5-7-19(8-6-18)28(30)31/h1-10,21H,11-15H2,(H,24,29). The van der Waals surface area contributed by atoms with Gasteiger partial charge in [-0.05, 0) is 35.9 Å². The molecule has 4 rings (SSSR count). The van der Waals surface area contributed by atoms with Crippen LogP contribution in [0.1, 0.15) is 22.1 Å². The first kappa shape index (κ1) is 21.9. The lowest BCUT2D eigenvalue weighted by atomic mass is 10.0. The van der Waals surface area contributed by atoms with Crippen LogP contribution in [0.2, 0.25) is 5.02 Å². The quantitative estimate of drug-likeness (QED) is 0.433. The maximum Gasteiger partial charge on any atom is 0.271 e. The fourth-order valence-corrected chi connectivity index (χ4v) is 3.75. The van der Waals surface area contributed by atoms with E-state index in [1.165, 1.54) is 16.8 Å². The van der Waals surface area contributed by atoms with Crippen molar-refractivity contribution in [2.45, 2.75) is 6.04 Å². The molecule has 1 aromatic heterocycles. The molecule has 0 radical (unpaired) electrons. The Kier molecular flexibility index (Phi) is 6.79. The van der Waals surface area contributed by atoms with Gasteiger partial charge in [0.1, 0.15) is 0 Å². The molecule has 9 nitrogen and oxygen atoms in total. The average Bonchev–Trinajstić information content (AvgIpc) is 3.31. The Hall–Kier alpha value is -3.27. The van der Waals surface area contributed by atoms with E-state index < -0.39 is 4.92 Å². The van der Waals surface area contributed by atoms with Gasteiger partial charge in [0.2, 0.25) is 0 Å². The molecular weight excluding hydrogens is 434 g/mol. The Morgan fingerprint density at radius 1 is 1.12 bits per heavy atom. The van der Waals surface area contributed by atoms with E-state index in [4.69, 9.17) is 16.3 Å². The number of benzene rings is 2. The largest absolute Gasteiger partial charge is 0.379 e. The summed E-state index contributed by atoms with van der Waals surface area (Å²) in [5.41, 5.74) is 1.95. The second-order valence-electron chi connectivity index (χ2n) is 7.34. The highest BCUT2D eigenvalue weighted by molar-refractivity contribution is 6.30. The van der Waals surface area contributed by atoms with Crippen LogP contribution in [0.15, 0.2) is 60.8 Å². The third-order valence-electron chi connectivity index (χ3n) is 5.34. The molecule has 3 aromatic rings. The van der Waals surface area contributed by atoms with Gasteiger partial charge < -0.3 is 10.1 Å². The summed E-state index contributed by atoms with van der Waals surface area (Å²) in [6.07, 6.45) is 1.65. The topological polar surface area (TPSA) is 103 Å². The number of ether oxygens (including phenoxy) is 1. The summed E-state index contributed by atoms with van der Waals surface area (Å²) in [7, 11) is 0. The van der Waals surface area contributed by atoms with E-state index in [9.17, 15) is 14.9 Å². The second kappa shape index (κ2) is 9.90. The molecule has 166 valence electrons. The normalized spacial score (nSPS) is 15.3. The minimum Gasteiger partial charge on any atom is -0.379 e. The molecule has 10 heteroatoms. The number of hydrogen-bond acceptors (Lipinski definition) is 6. The van der Waals surface area contributed by atoms with Crippen molar-refractivity contribution in [2.24, 2.45) is 0 Å². The van der Waals surface area contributed by atoms with E-state index >= 15 is 0 Å². The molecule has 2 aromatic carbocycles. The lowest BCUT2D eigenvalue weighted by Crippen LogP contribution is -2.43. The Bertz CT molecular complexity index is 1080. The summed E-state index contributed by atoms with van der Waals surface area (Å²) in [5.74, 6) is -0.294. The summed E-state index contributed by atoms with van der Waals surface area (Å²) in [5, 5.41) is 18.8. The van der Waals surface area contributed by atoms with Crippen LogP contribution in [0.5, 0.6) is 0 Å². The molecule has 0 saturated carbocycles. The molecule has 1 aliphatic rings. The van der Waals surface area contributed by atoms with Gasteiger partial charge in [0.25, 0.3) is 11.6 Å². The van der Waals surface area contributed by atoms with E-state index in [2.05, 4.69) is 15.3 Å². The number of carbonyl (C=O) groups excluding carboxylic acids is 1. The smallest absolute Gasteiger partial charge is 0.271 e. The molecule has 1 fully saturated rings. The number of nitro groups is 1. The number of morpholine rings is 1. The molecule has 2 heterocycles. The van der Waals surface area contributed by atoms with Gasteiger partial charge in [0.15, 0.2) is 5.69 Å². The second-order valence-corrected chi connectivity index (χ2v) is 7.78. The highest BCUT2D eigenvalue weighted by Gasteiger charge is 2.24. The molecule has 1 amide bonds. The van der Waals surface area contributed by atoms with Crippen LogP contribution in [-0.2, 0) is 4.74 Å². The van der Waals surface area contributed by atoms with Gasteiger partial charge >= 0.3 is 0 Å². The lowest BCUT2D eigenvalue weighted by Gasteiger charge is -2.34. The lowest BCUT2D eigenvalue weighted by molar-refractivity contribution is -0.384. The molecular formula is C22H22ClN5O4. The Balaban J connectivity index is 1.45. The van der Waals surface area contributed by atoms with Crippen LogP contribution in [-0.4, -0.2) is 58.4 Å². The van der Waals surface area contributed by atoms with Crippen molar-refractivity contribution >= 4 is 23.2 Å². The van der Waals surface area contributed by atoms with Crippen molar-refractivity contribution < 1.29 is 14.5 Å². The Morgan fingerprint density at radius 3 is 2.47 bits per heavy atom. The van der Waals surface area contributed by atoms with E-state index in [-0.39, 0.29) is 23.3 Å². The Morgan fingerprint density at radius 2 is 1.81 bits per heavy atom. The van der Waals surface area contributed by atoms with Gasteiger partial charge in [0.05, 0.1) is 29.9 Å². The maximum atomic E-state index is 12.8. The minimum atomic E-state index is -0.461. The van der Waals surface area contributed by atoms with E-state index in [1.807, 2.05) is 24.3 Å². The van der Waals surface area contributed by atoms with Crippen molar-refractivity contribution in [1.29, 1.82) is 0 Å². The highest BCUT2D eigenvalue weighted by Crippen LogP contribution is 2.23. The van der Waals surface area contributed by atoms with Crippen molar-refractivity contribution in [1.82, 2.24) is 20.0 Å². The van der Waals surface area contributed by atoms with Crippen molar-refractivity contribution in [3.63, 3.8) is 0 Å². The van der Waals surface area contributed by atoms with Crippen molar-refractivity contribution in [3.05, 3.63) is 87.2 Å². The zero-order chi connectivity index (χ0) is 22.5. The molecule has 32 heavy (non-hydrogen) atoms. The number of nitrogens with zero attached hydrogens (tertiary/aromatic N) is 4. The van der Waals surface area contributed by atoms with Gasteiger partial charge in [-0.2, -0.15) is 5.10 Å². The zero-order valence-electron chi connectivity index (χ0n) is 17.2. The third kappa shape index (κ3) is 5.13. The number of aromatic nitrogens is 2. The fraction of sp³-hybridized carbons (Fsp3) is 0.273. The molecule has 0 bridgehead atoms. The molecule has 0 spiro atoms. The zero-order valence-corrected chi connectivity index (χ0v) is 17.9. The maximum absolute atomic E-state index is 12.8. The van der Waals surface area contributed by atoms with Crippen LogP contribution in [0, 0.1) is 10.1 Å². The van der Waals surface area contributed by atoms with Gasteiger partial charge in [-0.25, -0.2) is 4.68 Å². The van der Waals surface area contributed by atoms with E-state index in [1.54, 1.807) is 24.4 Å². The molecule has 1 saturated heterocycles. The van der Waals surface area contributed by atoms with Crippen LogP contribution >= 0.6 is 11.6 Å². The van der Waals surface area contributed by atoms with Crippen LogP contribution in [0.3, 0.4) is 0 Å². The molecule has 1 aliphatic heterocycles. The van der Waals surface area contributed by atoms with E-state index in [0.717, 1.165) is 18.7 Å². The van der Waals surface area contributed by atoms with Gasteiger partial charge in [-0.15, -0.1) is 0 Å². The van der Waals surface area contributed by atoms with E-state index in [0.29, 0.717) is 30.5 Å². The summed E-state index contributed by atoms with van der Waals surface area (Å²) < 4.78 is 6.98. The van der Waals surface area contributed by atoms with Crippen molar-refractivity contribution in [3.8, 4) is 5.69 Å². The molecule has 1 unspecified atom stereocenters. The highest BCUT2D eigenvalue weighted by atomic mass is 35.5. The van der Waals surface area contributed by atoms with Gasteiger partial charge in [-0.3, -0.25) is 19.8 Å². The average molecular weight is 456 g/mol. The predicted molar refractivity (Wildman–Crippen MR) is 119 cm³/mol. The van der Waals surface area contributed by atoms with Gasteiger partial charge in [0, 0.05) is 43.0 Å². The number of carbonyl (C=O) groups is 1. The first-order chi connectivity index (χ1) is 15.5. The minimum absolute atomic E-state index is 0.00442. The number of rotatable bonds is 7. The predicted octanol–water partition coefficient (Wildman–Crippen LogP) is 3.24. The summed E-state index contributed by atoms with van der Waals surface area (Å²) in [6, 6.07) is 15.2.